The number of hydrogen-bond acceptors (Lipinski definition) is 5. The molecule has 0 aromatic heterocycles. The number of thioether (sulfide) groups is 1. The summed E-state index contributed by atoms with van der Waals surface area (Å²) < 4.78 is 10.1. The normalized spacial score (nSPS) is 12.4. The Kier molecular flexibility index (Phi) is 12.0. The Bertz CT molecular complexity index is 194. The van der Waals surface area contributed by atoms with E-state index in [-0.39, 0.29) is 5.91 Å². The second-order valence-electron chi connectivity index (χ2n) is 3.64. The standard InChI is InChI=1S/C11H24N2O3S/c1-15-7-8-16-6-3-5-13-11(14)10(12)4-9-17-2/h10H,3-9,12H2,1-2H3,(H,13,14)/t10-/m0/s1. The van der Waals surface area contributed by atoms with Crippen molar-refractivity contribution in [2.24, 2.45) is 5.73 Å². The topological polar surface area (TPSA) is 73.6 Å². The Hall–Kier alpha value is -0.300. The Labute approximate surface area is 108 Å². The molecule has 5 nitrogen and oxygen atoms in total. The minimum Gasteiger partial charge on any atom is -0.382 e. The number of nitrogens with two attached hydrogens (primary N) is 1. The van der Waals surface area contributed by atoms with Crippen molar-refractivity contribution in [1.82, 2.24) is 5.32 Å². The molecule has 6 heteroatoms. The van der Waals surface area contributed by atoms with Gasteiger partial charge in [0.1, 0.15) is 0 Å². The number of ether oxygens (including phenoxy) is 2. The van der Waals surface area contributed by atoms with Crippen LogP contribution in [0.25, 0.3) is 0 Å². The van der Waals surface area contributed by atoms with Gasteiger partial charge in [-0.1, -0.05) is 0 Å². The number of carbonyl (C=O) groups is 1. The molecule has 0 aliphatic rings. The van der Waals surface area contributed by atoms with Crippen molar-refractivity contribution in [2.45, 2.75) is 18.9 Å². The molecule has 0 aromatic carbocycles. The van der Waals surface area contributed by atoms with Gasteiger partial charge in [-0.3, -0.25) is 4.79 Å². The molecule has 0 rings (SSSR count). The van der Waals surface area contributed by atoms with Crippen molar-refractivity contribution in [3.63, 3.8) is 0 Å². The minimum absolute atomic E-state index is 0.0732. The first-order valence-electron chi connectivity index (χ1n) is 5.81. The number of rotatable bonds is 11. The van der Waals surface area contributed by atoms with E-state index in [1.54, 1.807) is 18.9 Å². The lowest BCUT2D eigenvalue weighted by Crippen LogP contribution is -2.41. The van der Waals surface area contributed by atoms with Crippen LogP contribution in [-0.4, -0.2) is 57.4 Å². The fraction of sp³-hybridized carbons (Fsp3) is 0.909. The monoisotopic (exact) mass is 264 g/mol. The van der Waals surface area contributed by atoms with Crippen LogP contribution in [0.1, 0.15) is 12.8 Å². The van der Waals surface area contributed by atoms with Gasteiger partial charge in [0.05, 0.1) is 19.3 Å². The second-order valence-corrected chi connectivity index (χ2v) is 4.62. The van der Waals surface area contributed by atoms with Gasteiger partial charge in [-0.05, 0) is 24.9 Å². The lowest BCUT2D eigenvalue weighted by atomic mass is 10.2. The highest BCUT2D eigenvalue weighted by atomic mass is 32.2. The van der Waals surface area contributed by atoms with Crippen LogP contribution in [0.2, 0.25) is 0 Å². The van der Waals surface area contributed by atoms with Crippen LogP contribution in [0.4, 0.5) is 0 Å². The van der Waals surface area contributed by atoms with Gasteiger partial charge in [-0.2, -0.15) is 11.8 Å². The Morgan fingerprint density at radius 1 is 1.41 bits per heavy atom. The van der Waals surface area contributed by atoms with E-state index in [0.717, 1.165) is 18.6 Å². The maximum absolute atomic E-state index is 11.5. The SMILES string of the molecule is COCCOCCCNC(=O)[C@@H](N)CCSC. The van der Waals surface area contributed by atoms with E-state index in [2.05, 4.69) is 5.32 Å². The van der Waals surface area contributed by atoms with Crippen LogP contribution < -0.4 is 11.1 Å². The second kappa shape index (κ2) is 12.2. The summed E-state index contributed by atoms with van der Waals surface area (Å²) in [5.74, 6) is 0.838. The van der Waals surface area contributed by atoms with Crippen molar-refractivity contribution in [3.8, 4) is 0 Å². The van der Waals surface area contributed by atoms with Crippen LogP contribution in [0.3, 0.4) is 0 Å². The average Bonchev–Trinajstić information content (AvgIpc) is 2.34. The van der Waals surface area contributed by atoms with Gasteiger partial charge in [0.25, 0.3) is 0 Å². The highest BCUT2D eigenvalue weighted by molar-refractivity contribution is 7.98. The van der Waals surface area contributed by atoms with Crippen molar-refractivity contribution in [1.29, 1.82) is 0 Å². The third-order valence-electron chi connectivity index (χ3n) is 2.17. The minimum atomic E-state index is -0.392. The lowest BCUT2D eigenvalue weighted by molar-refractivity contribution is -0.122. The van der Waals surface area contributed by atoms with E-state index in [9.17, 15) is 4.79 Å². The smallest absolute Gasteiger partial charge is 0.236 e. The molecule has 1 atom stereocenters. The van der Waals surface area contributed by atoms with Gasteiger partial charge in [0, 0.05) is 20.3 Å². The molecule has 0 aromatic rings. The van der Waals surface area contributed by atoms with Crippen molar-refractivity contribution >= 4 is 17.7 Å². The average molecular weight is 264 g/mol. The Morgan fingerprint density at radius 2 is 2.18 bits per heavy atom. The molecular formula is C11H24N2O3S. The molecule has 1 amide bonds. The van der Waals surface area contributed by atoms with E-state index in [4.69, 9.17) is 15.2 Å². The van der Waals surface area contributed by atoms with Gasteiger partial charge < -0.3 is 20.5 Å². The summed E-state index contributed by atoms with van der Waals surface area (Å²) in [6, 6.07) is -0.392. The summed E-state index contributed by atoms with van der Waals surface area (Å²) in [4.78, 5) is 11.5. The number of amides is 1. The molecule has 0 saturated heterocycles. The Balaban J connectivity index is 3.32. The summed E-state index contributed by atoms with van der Waals surface area (Å²) in [7, 11) is 1.64. The third kappa shape index (κ3) is 10.6. The molecule has 17 heavy (non-hydrogen) atoms. The van der Waals surface area contributed by atoms with Crippen molar-refractivity contribution in [2.75, 3.05) is 45.5 Å². The first kappa shape index (κ1) is 16.7. The van der Waals surface area contributed by atoms with E-state index in [0.29, 0.717) is 26.4 Å². The van der Waals surface area contributed by atoms with Gasteiger partial charge in [0.2, 0.25) is 5.91 Å². The van der Waals surface area contributed by atoms with E-state index in [1.165, 1.54) is 0 Å². The lowest BCUT2D eigenvalue weighted by Gasteiger charge is -2.11. The maximum atomic E-state index is 11.5. The zero-order chi connectivity index (χ0) is 12.9. The molecule has 102 valence electrons. The summed E-state index contributed by atoms with van der Waals surface area (Å²) in [6.07, 6.45) is 3.52. The van der Waals surface area contributed by atoms with Crippen LogP contribution in [0.15, 0.2) is 0 Å². The molecule has 0 spiro atoms. The highest BCUT2D eigenvalue weighted by Gasteiger charge is 2.11. The zero-order valence-corrected chi connectivity index (χ0v) is 11.6. The fourth-order valence-electron chi connectivity index (χ4n) is 1.14. The highest BCUT2D eigenvalue weighted by Crippen LogP contribution is 1.98. The van der Waals surface area contributed by atoms with Gasteiger partial charge in [-0.15, -0.1) is 0 Å². The first-order chi connectivity index (χ1) is 8.22. The van der Waals surface area contributed by atoms with Gasteiger partial charge in [-0.25, -0.2) is 0 Å². The molecule has 0 heterocycles. The summed E-state index contributed by atoms with van der Waals surface area (Å²) in [5, 5.41) is 2.80. The summed E-state index contributed by atoms with van der Waals surface area (Å²) in [5.41, 5.74) is 5.71. The largest absolute Gasteiger partial charge is 0.382 e. The molecule has 0 aliphatic carbocycles. The predicted octanol–water partition coefficient (Wildman–Crippen LogP) is 0.236. The van der Waals surface area contributed by atoms with Gasteiger partial charge in [0.15, 0.2) is 0 Å². The van der Waals surface area contributed by atoms with E-state index < -0.39 is 6.04 Å². The molecule has 0 radical (unpaired) electrons. The number of hydrogen-bond donors (Lipinski definition) is 2. The zero-order valence-electron chi connectivity index (χ0n) is 10.7. The molecule has 0 bridgehead atoms. The van der Waals surface area contributed by atoms with Crippen LogP contribution >= 0.6 is 11.8 Å². The van der Waals surface area contributed by atoms with E-state index >= 15 is 0 Å². The maximum Gasteiger partial charge on any atom is 0.236 e. The molecule has 0 unspecified atom stereocenters. The quantitative estimate of drug-likeness (QED) is 0.523. The van der Waals surface area contributed by atoms with Crippen LogP contribution in [0.5, 0.6) is 0 Å². The number of nitrogens with one attached hydrogen (secondary N) is 1. The van der Waals surface area contributed by atoms with Crippen molar-refractivity contribution in [3.05, 3.63) is 0 Å². The van der Waals surface area contributed by atoms with Crippen LogP contribution in [0, 0.1) is 0 Å². The molecule has 0 aliphatic heterocycles. The number of methoxy groups -OCH3 is 1. The number of carbonyl (C=O) groups excluding carboxylic acids is 1. The molecule has 0 fully saturated rings. The van der Waals surface area contributed by atoms with Gasteiger partial charge >= 0.3 is 0 Å². The predicted molar refractivity (Wildman–Crippen MR) is 71.3 cm³/mol. The molecule has 0 saturated carbocycles. The summed E-state index contributed by atoms with van der Waals surface area (Å²) >= 11 is 1.70. The fourth-order valence-corrected chi connectivity index (χ4v) is 1.63. The van der Waals surface area contributed by atoms with Crippen molar-refractivity contribution < 1.29 is 14.3 Å². The third-order valence-corrected chi connectivity index (χ3v) is 2.81. The summed E-state index contributed by atoms with van der Waals surface area (Å²) in [6.45, 7) is 2.44. The Morgan fingerprint density at radius 3 is 2.82 bits per heavy atom. The van der Waals surface area contributed by atoms with Crippen LogP contribution in [-0.2, 0) is 14.3 Å². The molecule has 3 N–H and O–H groups in total. The molecular weight excluding hydrogens is 240 g/mol. The van der Waals surface area contributed by atoms with E-state index in [1.807, 2.05) is 6.26 Å². The first-order valence-corrected chi connectivity index (χ1v) is 7.20.